The topological polar surface area (TPSA) is 9.23 Å². The van der Waals surface area contributed by atoms with Crippen LogP contribution < -0.4 is 0 Å². The van der Waals surface area contributed by atoms with Gasteiger partial charge in [0.1, 0.15) is 0 Å². The van der Waals surface area contributed by atoms with Gasteiger partial charge >= 0.3 is 0 Å². The third kappa shape index (κ3) is 3.76. The van der Waals surface area contributed by atoms with E-state index in [9.17, 15) is 0 Å². The van der Waals surface area contributed by atoms with E-state index in [0.29, 0.717) is 12.2 Å². The van der Waals surface area contributed by atoms with Gasteiger partial charge < -0.3 is 4.74 Å². The first-order chi connectivity index (χ1) is 7.88. The fourth-order valence-electron chi connectivity index (χ4n) is 3.46. The zero-order chi connectivity index (χ0) is 11.2. The highest BCUT2D eigenvalue weighted by atomic mass is 16.5. The van der Waals surface area contributed by atoms with E-state index in [1.807, 2.05) is 0 Å². The molecule has 1 nitrogen and oxygen atoms in total. The number of hydrogen-bond acceptors (Lipinski definition) is 1. The van der Waals surface area contributed by atoms with Crippen molar-refractivity contribution < 1.29 is 4.74 Å². The molecule has 0 aromatic heterocycles. The van der Waals surface area contributed by atoms with Gasteiger partial charge in [-0.15, -0.1) is 0 Å². The van der Waals surface area contributed by atoms with Crippen LogP contribution in [0.2, 0.25) is 0 Å². The summed E-state index contributed by atoms with van der Waals surface area (Å²) in [4.78, 5) is 0. The number of rotatable bonds is 2. The normalized spacial score (nSPS) is 33.6. The van der Waals surface area contributed by atoms with E-state index < -0.39 is 0 Å². The van der Waals surface area contributed by atoms with Crippen LogP contribution in [0.4, 0.5) is 0 Å². The number of hydrogen-bond donors (Lipinski definition) is 0. The zero-order valence-electron chi connectivity index (χ0n) is 10.9. The lowest BCUT2D eigenvalue weighted by Crippen LogP contribution is -2.04. The van der Waals surface area contributed by atoms with E-state index in [2.05, 4.69) is 6.92 Å². The molecule has 2 aliphatic heterocycles. The Morgan fingerprint density at radius 1 is 0.812 bits per heavy atom. The fourth-order valence-corrected chi connectivity index (χ4v) is 3.46. The smallest absolute Gasteiger partial charge is 0.0580 e. The van der Waals surface area contributed by atoms with Crippen LogP contribution in [-0.4, -0.2) is 12.2 Å². The van der Waals surface area contributed by atoms with Gasteiger partial charge in [-0.25, -0.2) is 0 Å². The third-order valence-corrected chi connectivity index (χ3v) is 4.43. The largest absolute Gasteiger partial charge is 0.375 e. The van der Waals surface area contributed by atoms with Crippen molar-refractivity contribution in [2.24, 2.45) is 5.92 Å². The quantitative estimate of drug-likeness (QED) is 0.661. The lowest BCUT2D eigenvalue weighted by molar-refractivity contribution is 0.105. The fraction of sp³-hybridized carbons (Fsp3) is 1.00. The van der Waals surface area contributed by atoms with Crippen LogP contribution in [0.3, 0.4) is 0 Å². The second-order valence-electron chi connectivity index (χ2n) is 5.83. The number of fused-ring (bicyclic) bond motifs is 2. The van der Waals surface area contributed by atoms with Crippen molar-refractivity contribution >= 4 is 0 Å². The molecule has 0 amide bonds. The molecule has 0 aromatic carbocycles. The van der Waals surface area contributed by atoms with Crippen LogP contribution in [0.25, 0.3) is 0 Å². The van der Waals surface area contributed by atoms with Crippen molar-refractivity contribution in [3.8, 4) is 0 Å². The Hall–Kier alpha value is -0.0400. The average molecular weight is 224 g/mol. The molecule has 3 fully saturated rings. The van der Waals surface area contributed by atoms with Crippen molar-refractivity contribution in [1.82, 2.24) is 0 Å². The van der Waals surface area contributed by atoms with Gasteiger partial charge in [0.2, 0.25) is 0 Å². The standard InChI is InChI=1S/C9H18.C6H10O/c1-2-6-9-7-4-3-5-8-9;1-2-6-4-3-5(1)7-6/h9H,2-8H2,1H3;5-6H,1-4H2. The van der Waals surface area contributed by atoms with Gasteiger partial charge in [-0.3, -0.25) is 0 Å². The highest BCUT2D eigenvalue weighted by Crippen LogP contribution is 2.33. The second-order valence-corrected chi connectivity index (χ2v) is 5.83. The molecule has 0 N–H and O–H groups in total. The molecular weight excluding hydrogens is 196 g/mol. The molecule has 1 heteroatoms. The minimum Gasteiger partial charge on any atom is -0.375 e. The van der Waals surface area contributed by atoms with Crippen LogP contribution in [0.1, 0.15) is 77.6 Å². The van der Waals surface area contributed by atoms with E-state index in [4.69, 9.17) is 4.74 Å². The Kier molecular flexibility index (Phi) is 5.15. The van der Waals surface area contributed by atoms with Crippen molar-refractivity contribution in [2.75, 3.05) is 0 Å². The molecule has 0 radical (unpaired) electrons. The highest BCUT2D eigenvalue weighted by Gasteiger charge is 2.31. The second kappa shape index (κ2) is 6.64. The third-order valence-electron chi connectivity index (χ3n) is 4.43. The lowest BCUT2D eigenvalue weighted by Gasteiger charge is -2.20. The van der Waals surface area contributed by atoms with Crippen LogP contribution >= 0.6 is 0 Å². The van der Waals surface area contributed by atoms with Crippen LogP contribution in [0.15, 0.2) is 0 Å². The maximum atomic E-state index is 5.47. The lowest BCUT2D eigenvalue weighted by atomic mass is 9.86. The number of ether oxygens (including phenoxy) is 1. The SMILES string of the molecule is C1CC2CCC1O2.CCCC1CCCCC1. The van der Waals surface area contributed by atoms with Gasteiger partial charge in [-0.1, -0.05) is 51.9 Å². The first kappa shape index (κ1) is 12.4. The van der Waals surface area contributed by atoms with Gasteiger partial charge in [-0.2, -0.15) is 0 Å². The van der Waals surface area contributed by atoms with E-state index >= 15 is 0 Å². The van der Waals surface area contributed by atoms with Crippen molar-refractivity contribution in [3.05, 3.63) is 0 Å². The monoisotopic (exact) mass is 224 g/mol. The van der Waals surface area contributed by atoms with Crippen molar-refractivity contribution in [2.45, 2.75) is 89.8 Å². The van der Waals surface area contributed by atoms with E-state index in [-0.39, 0.29) is 0 Å². The average Bonchev–Trinajstić information content (AvgIpc) is 2.96. The molecule has 0 spiro atoms. The van der Waals surface area contributed by atoms with Gasteiger partial charge in [0.15, 0.2) is 0 Å². The van der Waals surface area contributed by atoms with Crippen LogP contribution in [-0.2, 0) is 4.74 Å². The first-order valence-electron chi connectivity index (χ1n) is 7.54. The molecule has 94 valence electrons. The van der Waals surface area contributed by atoms with Crippen molar-refractivity contribution in [3.63, 3.8) is 0 Å². The molecular formula is C15H28O. The minimum absolute atomic E-state index is 0.671. The summed E-state index contributed by atoms with van der Waals surface area (Å²) in [6.45, 7) is 2.30. The molecule has 0 atom stereocenters. The minimum atomic E-state index is 0.671. The molecule has 3 rings (SSSR count). The van der Waals surface area contributed by atoms with Gasteiger partial charge in [-0.05, 0) is 31.6 Å². The molecule has 3 aliphatic rings. The summed E-state index contributed by atoms with van der Waals surface area (Å²) in [6, 6.07) is 0. The summed E-state index contributed by atoms with van der Waals surface area (Å²) in [6.07, 6.45) is 17.1. The molecule has 2 saturated heterocycles. The summed E-state index contributed by atoms with van der Waals surface area (Å²) in [5.41, 5.74) is 0. The molecule has 2 heterocycles. The molecule has 1 aliphatic carbocycles. The summed E-state index contributed by atoms with van der Waals surface area (Å²) in [5, 5.41) is 0. The summed E-state index contributed by atoms with van der Waals surface area (Å²) in [5.74, 6) is 1.10. The predicted molar refractivity (Wildman–Crippen MR) is 68.6 cm³/mol. The summed E-state index contributed by atoms with van der Waals surface area (Å²) in [7, 11) is 0. The molecule has 2 bridgehead atoms. The van der Waals surface area contributed by atoms with Crippen LogP contribution in [0, 0.1) is 5.92 Å². The zero-order valence-corrected chi connectivity index (χ0v) is 10.9. The van der Waals surface area contributed by atoms with Gasteiger partial charge in [0.05, 0.1) is 12.2 Å². The van der Waals surface area contributed by atoms with Crippen LogP contribution in [0.5, 0.6) is 0 Å². The summed E-state index contributed by atoms with van der Waals surface area (Å²) >= 11 is 0. The molecule has 1 saturated carbocycles. The predicted octanol–water partition coefficient (Wildman–Crippen LogP) is 4.69. The summed E-state index contributed by atoms with van der Waals surface area (Å²) < 4.78 is 5.47. The van der Waals surface area contributed by atoms with E-state index in [0.717, 1.165) is 5.92 Å². The Bertz CT molecular complexity index is 163. The molecule has 0 unspecified atom stereocenters. The van der Waals surface area contributed by atoms with E-state index in [1.165, 1.54) is 70.6 Å². The molecule has 0 aromatic rings. The Morgan fingerprint density at radius 3 is 1.75 bits per heavy atom. The maximum absolute atomic E-state index is 5.47. The maximum Gasteiger partial charge on any atom is 0.0580 e. The Labute approximate surface area is 101 Å². The van der Waals surface area contributed by atoms with Crippen molar-refractivity contribution in [1.29, 1.82) is 0 Å². The highest BCUT2D eigenvalue weighted by molar-refractivity contribution is 4.81. The Balaban J connectivity index is 0.000000123. The molecule has 16 heavy (non-hydrogen) atoms. The van der Waals surface area contributed by atoms with E-state index in [1.54, 1.807) is 0 Å². The first-order valence-corrected chi connectivity index (χ1v) is 7.54. The Morgan fingerprint density at radius 2 is 1.38 bits per heavy atom. The van der Waals surface area contributed by atoms with Gasteiger partial charge in [0.25, 0.3) is 0 Å². The van der Waals surface area contributed by atoms with Gasteiger partial charge in [0, 0.05) is 0 Å².